The molecular formula is C12H20N2S. The van der Waals surface area contributed by atoms with Gasteiger partial charge in [0.05, 0.1) is 0 Å². The van der Waals surface area contributed by atoms with Gasteiger partial charge < -0.3 is 0 Å². The molecular weight excluding hydrogens is 204 g/mol. The number of nitrogens with two attached hydrogens (primary N) is 1. The Morgan fingerprint density at radius 3 is 2.60 bits per heavy atom. The highest BCUT2D eigenvalue weighted by atomic mass is 32.2. The van der Waals surface area contributed by atoms with E-state index in [4.69, 9.17) is 5.84 Å². The van der Waals surface area contributed by atoms with Crippen LogP contribution in [0.3, 0.4) is 0 Å². The summed E-state index contributed by atoms with van der Waals surface area (Å²) in [5.74, 6) is 6.69. The maximum atomic E-state index is 5.52. The van der Waals surface area contributed by atoms with Gasteiger partial charge in [0.2, 0.25) is 0 Å². The summed E-state index contributed by atoms with van der Waals surface area (Å²) in [6.07, 6.45) is 5.49. The van der Waals surface area contributed by atoms with Crippen molar-refractivity contribution in [3.05, 3.63) is 35.9 Å². The topological polar surface area (TPSA) is 38.0 Å². The van der Waals surface area contributed by atoms with Gasteiger partial charge in [-0.25, -0.2) is 0 Å². The van der Waals surface area contributed by atoms with Crippen LogP contribution in [0, 0.1) is 0 Å². The highest BCUT2D eigenvalue weighted by Gasteiger charge is 2.05. The number of nitrogens with one attached hydrogen (secondary N) is 1. The summed E-state index contributed by atoms with van der Waals surface area (Å²) in [7, 11) is 0. The molecule has 0 fully saturated rings. The summed E-state index contributed by atoms with van der Waals surface area (Å²) in [5, 5.41) is 0. The Kier molecular flexibility index (Phi) is 6.48. The van der Waals surface area contributed by atoms with E-state index in [-0.39, 0.29) is 0 Å². The maximum absolute atomic E-state index is 5.52. The zero-order valence-electron chi connectivity index (χ0n) is 9.28. The molecule has 0 bridgehead atoms. The standard InChI is InChI=1S/C12H20N2S/c1-15-10-9-12(14-13)8-7-11-5-3-2-4-6-11/h2-6,12,14H,7-10,13H2,1H3. The lowest BCUT2D eigenvalue weighted by Gasteiger charge is -2.14. The molecule has 0 radical (unpaired) electrons. The lowest BCUT2D eigenvalue weighted by Crippen LogP contribution is -2.35. The molecule has 3 heteroatoms. The average Bonchev–Trinajstić information content (AvgIpc) is 2.31. The molecule has 3 N–H and O–H groups in total. The van der Waals surface area contributed by atoms with Crippen LogP contribution in [-0.2, 0) is 6.42 Å². The van der Waals surface area contributed by atoms with E-state index in [1.807, 2.05) is 11.8 Å². The number of hydrogen-bond donors (Lipinski definition) is 2. The monoisotopic (exact) mass is 224 g/mol. The summed E-state index contributed by atoms with van der Waals surface area (Å²) < 4.78 is 0. The van der Waals surface area contributed by atoms with Crippen LogP contribution in [0.1, 0.15) is 18.4 Å². The maximum Gasteiger partial charge on any atom is 0.0221 e. The molecule has 0 aromatic heterocycles. The second-order valence-electron chi connectivity index (χ2n) is 3.67. The summed E-state index contributed by atoms with van der Waals surface area (Å²) in [6, 6.07) is 11.0. The van der Waals surface area contributed by atoms with E-state index in [1.165, 1.54) is 11.3 Å². The zero-order chi connectivity index (χ0) is 10.9. The van der Waals surface area contributed by atoms with Gasteiger partial charge in [-0.3, -0.25) is 11.3 Å². The van der Waals surface area contributed by atoms with Crippen LogP contribution in [-0.4, -0.2) is 18.1 Å². The lowest BCUT2D eigenvalue weighted by molar-refractivity contribution is 0.484. The molecule has 1 unspecified atom stereocenters. The van der Waals surface area contributed by atoms with Gasteiger partial charge in [0.1, 0.15) is 0 Å². The fraction of sp³-hybridized carbons (Fsp3) is 0.500. The van der Waals surface area contributed by atoms with E-state index in [0.29, 0.717) is 6.04 Å². The molecule has 2 nitrogen and oxygen atoms in total. The summed E-state index contributed by atoms with van der Waals surface area (Å²) in [4.78, 5) is 0. The van der Waals surface area contributed by atoms with E-state index in [9.17, 15) is 0 Å². The van der Waals surface area contributed by atoms with Crippen LogP contribution in [0.25, 0.3) is 0 Å². The van der Waals surface area contributed by atoms with E-state index >= 15 is 0 Å². The Bertz CT molecular complexity index is 251. The molecule has 1 rings (SSSR count). The number of hydrazine groups is 1. The van der Waals surface area contributed by atoms with Crippen LogP contribution < -0.4 is 11.3 Å². The first kappa shape index (κ1) is 12.6. The minimum absolute atomic E-state index is 0.442. The Morgan fingerprint density at radius 2 is 2.00 bits per heavy atom. The van der Waals surface area contributed by atoms with Crippen molar-refractivity contribution in [3.63, 3.8) is 0 Å². The minimum atomic E-state index is 0.442. The highest BCUT2D eigenvalue weighted by Crippen LogP contribution is 2.08. The molecule has 0 amide bonds. The second-order valence-corrected chi connectivity index (χ2v) is 4.65. The Morgan fingerprint density at radius 1 is 1.27 bits per heavy atom. The fourth-order valence-electron chi connectivity index (χ4n) is 1.56. The van der Waals surface area contributed by atoms with Gasteiger partial charge in [-0.15, -0.1) is 0 Å². The van der Waals surface area contributed by atoms with Crippen molar-refractivity contribution >= 4 is 11.8 Å². The van der Waals surface area contributed by atoms with Crippen molar-refractivity contribution in [2.75, 3.05) is 12.0 Å². The quantitative estimate of drug-likeness (QED) is 0.551. The predicted octanol–water partition coefficient (Wildman–Crippen LogP) is 2.20. The molecule has 0 aliphatic heterocycles. The minimum Gasteiger partial charge on any atom is -0.271 e. The van der Waals surface area contributed by atoms with Crippen LogP contribution >= 0.6 is 11.8 Å². The predicted molar refractivity (Wildman–Crippen MR) is 68.9 cm³/mol. The molecule has 0 spiro atoms. The van der Waals surface area contributed by atoms with Gasteiger partial charge >= 0.3 is 0 Å². The van der Waals surface area contributed by atoms with Crippen LogP contribution in [0.2, 0.25) is 0 Å². The first-order valence-corrected chi connectivity index (χ1v) is 6.75. The Labute approximate surface area is 96.6 Å². The van der Waals surface area contributed by atoms with Crippen LogP contribution in [0.5, 0.6) is 0 Å². The number of rotatable bonds is 7. The SMILES string of the molecule is CSCCC(CCc1ccccc1)NN. The molecule has 84 valence electrons. The summed E-state index contributed by atoms with van der Waals surface area (Å²) >= 11 is 1.87. The van der Waals surface area contributed by atoms with Gasteiger partial charge in [-0.05, 0) is 36.8 Å². The molecule has 0 saturated heterocycles. The van der Waals surface area contributed by atoms with E-state index in [0.717, 1.165) is 19.3 Å². The molecule has 0 aliphatic rings. The van der Waals surface area contributed by atoms with Gasteiger partial charge in [-0.2, -0.15) is 11.8 Å². The third kappa shape index (κ3) is 5.21. The number of aryl methyl sites for hydroxylation is 1. The fourth-order valence-corrected chi connectivity index (χ4v) is 2.08. The normalized spacial score (nSPS) is 12.7. The molecule has 0 aliphatic carbocycles. The van der Waals surface area contributed by atoms with Crippen molar-refractivity contribution in [1.82, 2.24) is 5.43 Å². The summed E-state index contributed by atoms with van der Waals surface area (Å²) in [5.41, 5.74) is 4.28. The molecule has 0 saturated carbocycles. The van der Waals surface area contributed by atoms with Crippen LogP contribution in [0.4, 0.5) is 0 Å². The molecule has 1 aromatic carbocycles. The Balaban J connectivity index is 2.28. The van der Waals surface area contributed by atoms with Gasteiger partial charge in [0, 0.05) is 6.04 Å². The molecule has 1 atom stereocenters. The number of thioether (sulfide) groups is 1. The third-order valence-corrected chi connectivity index (χ3v) is 3.17. The van der Waals surface area contributed by atoms with Gasteiger partial charge in [0.15, 0.2) is 0 Å². The van der Waals surface area contributed by atoms with Crippen molar-refractivity contribution in [1.29, 1.82) is 0 Å². The number of hydrogen-bond acceptors (Lipinski definition) is 3. The lowest BCUT2D eigenvalue weighted by atomic mass is 10.0. The Hall–Kier alpha value is -0.510. The van der Waals surface area contributed by atoms with Crippen molar-refractivity contribution in [2.24, 2.45) is 5.84 Å². The van der Waals surface area contributed by atoms with Crippen molar-refractivity contribution in [3.8, 4) is 0 Å². The first-order valence-electron chi connectivity index (χ1n) is 5.36. The van der Waals surface area contributed by atoms with Crippen molar-refractivity contribution in [2.45, 2.75) is 25.3 Å². The largest absolute Gasteiger partial charge is 0.271 e. The summed E-state index contributed by atoms with van der Waals surface area (Å²) in [6.45, 7) is 0. The second kappa shape index (κ2) is 7.74. The van der Waals surface area contributed by atoms with Crippen LogP contribution in [0.15, 0.2) is 30.3 Å². The molecule has 0 heterocycles. The number of benzene rings is 1. The molecule has 1 aromatic rings. The van der Waals surface area contributed by atoms with Gasteiger partial charge in [-0.1, -0.05) is 30.3 Å². The van der Waals surface area contributed by atoms with E-state index in [1.54, 1.807) is 0 Å². The first-order chi connectivity index (χ1) is 7.36. The smallest absolute Gasteiger partial charge is 0.0221 e. The third-order valence-electron chi connectivity index (χ3n) is 2.53. The average molecular weight is 224 g/mol. The zero-order valence-corrected chi connectivity index (χ0v) is 10.1. The van der Waals surface area contributed by atoms with Crippen molar-refractivity contribution < 1.29 is 0 Å². The van der Waals surface area contributed by atoms with E-state index in [2.05, 4.69) is 42.0 Å². The molecule has 15 heavy (non-hydrogen) atoms. The van der Waals surface area contributed by atoms with Gasteiger partial charge in [0.25, 0.3) is 0 Å². The van der Waals surface area contributed by atoms with E-state index < -0.39 is 0 Å². The highest BCUT2D eigenvalue weighted by molar-refractivity contribution is 7.98.